The van der Waals surface area contributed by atoms with E-state index in [0.717, 1.165) is 29.7 Å². The van der Waals surface area contributed by atoms with Gasteiger partial charge in [0.25, 0.3) is 11.7 Å². The van der Waals surface area contributed by atoms with Crippen molar-refractivity contribution in [2.24, 2.45) is 0 Å². The molecular weight excluding hydrogens is 374 g/mol. The largest absolute Gasteiger partial charge is 0.507 e. The van der Waals surface area contributed by atoms with Gasteiger partial charge in [-0.25, -0.2) is 0 Å². The number of ether oxygens (including phenoxy) is 1. The number of aliphatic hydroxyl groups is 1. The first-order valence-electron chi connectivity index (χ1n) is 9.46. The van der Waals surface area contributed by atoms with E-state index in [1.807, 2.05) is 18.4 Å². The van der Waals surface area contributed by atoms with E-state index in [-0.39, 0.29) is 11.3 Å². The Balaban J connectivity index is 2.12. The number of rotatable bonds is 7. The van der Waals surface area contributed by atoms with Crippen molar-refractivity contribution in [1.82, 2.24) is 4.90 Å². The molecule has 1 aliphatic rings. The predicted octanol–water partition coefficient (Wildman–Crippen LogP) is 4.68. The second-order valence-corrected chi connectivity index (χ2v) is 7.85. The number of methoxy groups -OCH3 is 1. The van der Waals surface area contributed by atoms with Crippen LogP contribution in [0, 0.1) is 6.92 Å². The van der Waals surface area contributed by atoms with E-state index in [4.69, 9.17) is 4.74 Å². The van der Waals surface area contributed by atoms with Crippen molar-refractivity contribution >= 4 is 28.8 Å². The maximum absolute atomic E-state index is 12.9. The predicted molar refractivity (Wildman–Crippen MR) is 111 cm³/mol. The van der Waals surface area contributed by atoms with E-state index in [9.17, 15) is 14.7 Å². The van der Waals surface area contributed by atoms with Crippen LogP contribution in [-0.4, -0.2) is 35.4 Å². The van der Waals surface area contributed by atoms with E-state index >= 15 is 0 Å². The first kappa shape index (κ1) is 20.1. The third kappa shape index (κ3) is 3.69. The zero-order chi connectivity index (χ0) is 20.3. The Labute approximate surface area is 169 Å². The van der Waals surface area contributed by atoms with Gasteiger partial charge in [-0.2, -0.15) is 0 Å². The molecule has 1 amide bonds. The summed E-state index contributed by atoms with van der Waals surface area (Å²) in [7, 11) is 1.54. The molecular formula is C22H25NO4S. The summed E-state index contributed by atoms with van der Waals surface area (Å²) in [5.74, 6) is -0.758. The molecule has 28 heavy (non-hydrogen) atoms. The summed E-state index contributed by atoms with van der Waals surface area (Å²) in [6, 6.07) is 8.30. The fourth-order valence-corrected chi connectivity index (χ4v) is 4.55. The molecule has 1 fully saturated rings. The summed E-state index contributed by atoms with van der Waals surface area (Å²) < 4.78 is 5.23. The van der Waals surface area contributed by atoms with E-state index in [1.54, 1.807) is 36.3 Å². The Morgan fingerprint density at radius 2 is 2.04 bits per heavy atom. The number of amides is 1. The topological polar surface area (TPSA) is 66.8 Å². The van der Waals surface area contributed by atoms with Gasteiger partial charge in [0, 0.05) is 17.0 Å². The minimum absolute atomic E-state index is 0.153. The molecule has 1 aromatic heterocycles. The molecule has 0 spiro atoms. The summed E-state index contributed by atoms with van der Waals surface area (Å²) in [5, 5.41) is 13.0. The van der Waals surface area contributed by atoms with Gasteiger partial charge < -0.3 is 14.7 Å². The minimum Gasteiger partial charge on any atom is -0.507 e. The van der Waals surface area contributed by atoms with Crippen molar-refractivity contribution in [3.05, 3.63) is 57.3 Å². The number of unbranched alkanes of at least 4 members (excludes halogenated alkanes) is 2. The van der Waals surface area contributed by atoms with Crippen LogP contribution in [0.3, 0.4) is 0 Å². The molecule has 2 heterocycles. The average molecular weight is 400 g/mol. The molecule has 2 aromatic rings. The van der Waals surface area contributed by atoms with Gasteiger partial charge in [-0.3, -0.25) is 9.59 Å². The van der Waals surface area contributed by atoms with Gasteiger partial charge in [-0.1, -0.05) is 31.9 Å². The van der Waals surface area contributed by atoms with Crippen molar-refractivity contribution in [3.63, 3.8) is 0 Å². The number of Topliss-reactive ketones (excluding diaryl/α,β-unsaturated/α-hetero) is 1. The molecule has 5 nitrogen and oxygen atoms in total. The highest BCUT2D eigenvalue weighted by Crippen LogP contribution is 2.42. The second kappa shape index (κ2) is 8.61. The molecule has 0 radical (unpaired) electrons. The number of aliphatic hydroxyl groups excluding tert-OH is 1. The molecule has 6 heteroatoms. The van der Waals surface area contributed by atoms with Gasteiger partial charge >= 0.3 is 0 Å². The zero-order valence-electron chi connectivity index (χ0n) is 16.4. The molecule has 1 N–H and O–H groups in total. The molecule has 1 aliphatic heterocycles. The summed E-state index contributed by atoms with van der Waals surface area (Å²) in [6.45, 7) is 4.55. The third-order valence-corrected chi connectivity index (χ3v) is 6.11. The fraction of sp³-hybridized carbons (Fsp3) is 0.364. The van der Waals surface area contributed by atoms with Gasteiger partial charge in [0.2, 0.25) is 0 Å². The lowest BCUT2D eigenvalue weighted by Gasteiger charge is -2.24. The Bertz CT molecular complexity index is 915. The number of likely N-dealkylation sites (tertiary alicyclic amines) is 1. The maximum atomic E-state index is 12.9. The van der Waals surface area contributed by atoms with Crippen molar-refractivity contribution in [1.29, 1.82) is 0 Å². The molecule has 1 aromatic carbocycles. The molecule has 1 atom stereocenters. The van der Waals surface area contributed by atoms with Gasteiger partial charge in [0.1, 0.15) is 11.5 Å². The summed E-state index contributed by atoms with van der Waals surface area (Å²) in [5.41, 5.74) is 1.62. The highest BCUT2D eigenvalue weighted by molar-refractivity contribution is 7.10. The van der Waals surface area contributed by atoms with Crippen molar-refractivity contribution in [3.8, 4) is 5.75 Å². The van der Waals surface area contributed by atoms with Crippen molar-refractivity contribution in [2.75, 3.05) is 13.7 Å². The lowest BCUT2D eigenvalue weighted by Crippen LogP contribution is -2.30. The Hall–Kier alpha value is -2.60. The monoisotopic (exact) mass is 399 g/mol. The number of hydrogen-bond acceptors (Lipinski definition) is 5. The number of aryl methyl sites for hydroxylation is 1. The Morgan fingerprint density at radius 1 is 1.25 bits per heavy atom. The lowest BCUT2D eigenvalue weighted by atomic mass is 9.98. The summed E-state index contributed by atoms with van der Waals surface area (Å²) >= 11 is 1.50. The smallest absolute Gasteiger partial charge is 0.295 e. The van der Waals surface area contributed by atoms with Gasteiger partial charge in [-0.05, 0) is 42.5 Å². The zero-order valence-corrected chi connectivity index (χ0v) is 17.2. The summed E-state index contributed by atoms with van der Waals surface area (Å²) in [4.78, 5) is 28.2. The Kier molecular flexibility index (Phi) is 6.19. The maximum Gasteiger partial charge on any atom is 0.295 e. The highest BCUT2D eigenvalue weighted by Gasteiger charge is 2.46. The first-order valence-corrected chi connectivity index (χ1v) is 10.3. The van der Waals surface area contributed by atoms with Gasteiger partial charge in [-0.15, -0.1) is 11.3 Å². The van der Waals surface area contributed by atoms with Crippen LogP contribution < -0.4 is 4.74 Å². The van der Waals surface area contributed by atoms with Crippen LogP contribution in [0.15, 0.2) is 41.3 Å². The molecule has 1 saturated heterocycles. The molecule has 0 aliphatic carbocycles. The lowest BCUT2D eigenvalue weighted by molar-refractivity contribution is -0.139. The number of nitrogens with zero attached hydrogens (tertiary/aromatic N) is 1. The fourth-order valence-electron chi connectivity index (χ4n) is 3.51. The van der Waals surface area contributed by atoms with Crippen molar-refractivity contribution < 1.29 is 19.4 Å². The summed E-state index contributed by atoms with van der Waals surface area (Å²) in [6.07, 6.45) is 2.83. The minimum atomic E-state index is -0.630. The number of hydrogen-bond donors (Lipinski definition) is 1. The van der Waals surface area contributed by atoms with Crippen molar-refractivity contribution in [2.45, 2.75) is 39.2 Å². The third-order valence-electron chi connectivity index (χ3n) is 5.04. The Morgan fingerprint density at radius 3 is 2.68 bits per heavy atom. The first-order chi connectivity index (χ1) is 13.5. The van der Waals surface area contributed by atoms with E-state index in [0.29, 0.717) is 17.9 Å². The quantitative estimate of drug-likeness (QED) is 0.318. The van der Waals surface area contributed by atoms with E-state index < -0.39 is 17.7 Å². The average Bonchev–Trinajstić information content (AvgIpc) is 3.23. The number of carbonyl (C=O) groups is 2. The molecule has 1 unspecified atom stereocenters. The van der Waals surface area contributed by atoms with Gasteiger partial charge in [0.05, 0.1) is 18.7 Å². The molecule has 0 bridgehead atoms. The number of carbonyl (C=O) groups excluding carboxylic acids is 2. The van der Waals surface area contributed by atoms with Gasteiger partial charge in [0.15, 0.2) is 0 Å². The number of ketones is 1. The van der Waals surface area contributed by atoms with Crippen LogP contribution in [0.4, 0.5) is 0 Å². The van der Waals surface area contributed by atoms with Crippen LogP contribution in [-0.2, 0) is 9.59 Å². The molecule has 0 saturated carbocycles. The number of benzene rings is 1. The number of thiophene rings is 1. The molecule has 148 valence electrons. The van der Waals surface area contributed by atoms with E-state index in [2.05, 4.69) is 6.92 Å². The van der Waals surface area contributed by atoms with Crippen LogP contribution in [0.5, 0.6) is 5.75 Å². The van der Waals surface area contributed by atoms with Crippen LogP contribution >= 0.6 is 11.3 Å². The highest BCUT2D eigenvalue weighted by atomic mass is 32.1. The SMILES string of the molecule is CCCCCN1C(=O)C(=O)/C(=C(\O)c2cccc(OC)c2)C1c1sccc1C. The second-order valence-electron chi connectivity index (χ2n) is 6.90. The standard InChI is InChI=1S/C22H25NO4S/c1-4-5-6-11-23-18(21-14(2)10-12-28-21)17(20(25)22(23)26)19(24)15-8-7-9-16(13-15)27-3/h7-10,12-13,18,24H,4-6,11H2,1-3H3/b19-17-. The van der Waals surface area contributed by atoms with Crippen LogP contribution in [0.2, 0.25) is 0 Å². The van der Waals surface area contributed by atoms with E-state index in [1.165, 1.54) is 11.3 Å². The van der Waals surface area contributed by atoms with Crippen LogP contribution in [0.1, 0.15) is 48.2 Å². The normalized spacial score (nSPS) is 18.7. The molecule has 3 rings (SSSR count). The van der Waals surface area contributed by atoms with Crippen LogP contribution in [0.25, 0.3) is 5.76 Å².